The first-order valence-electron chi connectivity index (χ1n) is 5.90. The summed E-state index contributed by atoms with van der Waals surface area (Å²) in [4.78, 5) is 15.6. The molecule has 1 aromatic rings. The van der Waals surface area contributed by atoms with E-state index in [1.807, 2.05) is 19.9 Å². The number of carbonyl (C=O) groups excluding carboxylic acids is 1. The highest BCUT2D eigenvalue weighted by molar-refractivity contribution is 5.92. The van der Waals surface area contributed by atoms with Crippen LogP contribution in [0.2, 0.25) is 0 Å². The molecular formula is C13H17N3O2. The van der Waals surface area contributed by atoms with Crippen molar-refractivity contribution in [1.29, 1.82) is 5.26 Å². The summed E-state index contributed by atoms with van der Waals surface area (Å²) in [6, 6.07) is 4.96. The quantitative estimate of drug-likeness (QED) is 0.815. The van der Waals surface area contributed by atoms with E-state index in [1.165, 1.54) is 18.3 Å². The van der Waals surface area contributed by atoms with E-state index in [-0.39, 0.29) is 24.1 Å². The van der Waals surface area contributed by atoms with Crippen molar-refractivity contribution in [2.75, 3.05) is 6.54 Å². The van der Waals surface area contributed by atoms with Gasteiger partial charge in [0.25, 0.3) is 5.91 Å². The number of amides is 1. The Labute approximate surface area is 106 Å². The number of rotatable bonds is 5. The first-order valence-corrected chi connectivity index (χ1v) is 5.90. The van der Waals surface area contributed by atoms with Crippen molar-refractivity contribution in [2.45, 2.75) is 26.4 Å². The number of nitrogens with one attached hydrogen (secondary N) is 1. The molecule has 18 heavy (non-hydrogen) atoms. The molecule has 2 N–H and O–H groups in total. The Balaban J connectivity index is 2.53. The third kappa shape index (κ3) is 3.82. The van der Waals surface area contributed by atoms with Crippen LogP contribution in [0, 0.1) is 17.2 Å². The molecule has 0 radical (unpaired) electrons. The minimum Gasteiger partial charge on any atom is -0.391 e. The maximum atomic E-state index is 11.7. The number of pyridine rings is 1. The highest BCUT2D eigenvalue weighted by atomic mass is 16.3. The van der Waals surface area contributed by atoms with Gasteiger partial charge in [0.05, 0.1) is 11.7 Å². The van der Waals surface area contributed by atoms with Crippen molar-refractivity contribution >= 4 is 5.91 Å². The largest absolute Gasteiger partial charge is 0.391 e. The van der Waals surface area contributed by atoms with Gasteiger partial charge in [0, 0.05) is 12.7 Å². The minimum atomic E-state index is -0.558. The third-order valence-corrected chi connectivity index (χ3v) is 2.90. The molecule has 1 aromatic heterocycles. The lowest BCUT2D eigenvalue weighted by Gasteiger charge is -2.17. The monoisotopic (exact) mass is 247 g/mol. The molecule has 0 spiro atoms. The van der Waals surface area contributed by atoms with Crippen molar-refractivity contribution in [2.24, 2.45) is 5.92 Å². The summed E-state index contributed by atoms with van der Waals surface area (Å²) in [5, 5.41) is 20.9. The average molecular weight is 247 g/mol. The second kappa shape index (κ2) is 6.72. The fourth-order valence-electron chi connectivity index (χ4n) is 1.36. The third-order valence-electron chi connectivity index (χ3n) is 2.90. The molecule has 0 saturated carbocycles. The first-order chi connectivity index (χ1) is 8.58. The molecule has 0 saturated heterocycles. The van der Waals surface area contributed by atoms with Crippen LogP contribution in [-0.2, 0) is 0 Å². The molecule has 0 bridgehead atoms. The van der Waals surface area contributed by atoms with E-state index < -0.39 is 6.10 Å². The van der Waals surface area contributed by atoms with Gasteiger partial charge in [-0.15, -0.1) is 0 Å². The molecule has 0 aliphatic carbocycles. The highest BCUT2D eigenvalue weighted by Gasteiger charge is 2.14. The van der Waals surface area contributed by atoms with Crippen LogP contribution in [0.5, 0.6) is 0 Å². The Morgan fingerprint density at radius 1 is 1.61 bits per heavy atom. The van der Waals surface area contributed by atoms with E-state index in [4.69, 9.17) is 5.26 Å². The minimum absolute atomic E-state index is 0.138. The van der Waals surface area contributed by atoms with Crippen LogP contribution in [0.15, 0.2) is 18.3 Å². The van der Waals surface area contributed by atoms with Crippen LogP contribution in [-0.4, -0.2) is 28.6 Å². The van der Waals surface area contributed by atoms with E-state index in [2.05, 4.69) is 10.3 Å². The fourth-order valence-corrected chi connectivity index (χ4v) is 1.36. The van der Waals surface area contributed by atoms with E-state index >= 15 is 0 Å². The number of aromatic nitrogens is 1. The van der Waals surface area contributed by atoms with Crippen LogP contribution in [0.25, 0.3) is 0 Å². The number of nitrogens with zero attached hydrogens (tertiary/aromatic N) is 2. The van der Waals surface area contributed by atoms with Crippen LogP contribution >= 0.6 is 0 Å². The van der Waals surface area contributed by atoms with Crippen molar-refractivity contribution in [3.8, 4) is 6.07 Å². The first kappa shape index (κ1) is 14.1. The fraction of sp³-hybridized carbons (Fsp3) is 0.462. The number of carbonyl (C=O) groups is 1. The van der Waals surface area contributed by atoms with Gasteiger partial charge < -0.3 is 10.4 Å². The van der Waals surface area contributed by atoms with Gasteiger partial charge in [-0.25, -0.2) is 4.98 Å². The number of hydrogen-bond donors (Lipinski definition) is 2. The van der Waals surface area contributed by atoms with Gasteiger partial charge in [-0.2, -0.15) is 5.26 Å². The molecule has 1 amide bonds. The lowest BCUT2D eigenvalue weighted by Crippen LogP contribution is -2.35. The van der Waals surface area contributed by atoms with Crippen molar-refractivity contribution in [3.05, 3.63) is 29.6 Å². The number of aliphatic hydroxyl groups is 1. The van der Waals surface area contributed by atoms with Crippen LogP contribution in [0.4, 0.5) is 0 Å². The van der Waals surface area contributed by atoms with Crippen molar-refractivity contribution < 1.29 is 9.90 Å². The molecule has 2 unspecified atom stereocenters. The number of hydrogen-bond acceptors (Lipinski definition) is 4. The van der Waals surface area contributed by atoms with Gasteiger partial charge in [-0.05, 0) is 18.1 Å². The molecule has 0 fully saturated rings. The average Bonchev–Trinajstić information content (AvgIpc) is 2.43. The molecule has 0 aliphatic rings. The lowest BCUT2D eigenvalue weighted by atomic mass is 10.0. The second-order valence-corrected chi connectivity index (χ2v) is 4.21. The van der Waals surface area contributed by atoms with Gasteiger partial charge >= 0.3 is 0 Å². The van der Waals surface area contributed by atoms with Gasteiger partial charge in [-0.1, -0.05) is 20.3 Å². The standard InChI is InChI=1S/C13H17N3O2/c1-3-9(2)12(17)8-16-13(18)11-5-4-10(6-14)7-15-11/h4-5,7,9,12,17H,3,8H2,1-2H3,(H,16,18). The topological polar surface area (TPSA) is 86.0 Å². The molecule has 96 valence electrons. The van der Waals surface area contributed by atoms with Gasteiger partial charge in [0.1, 0.15) is 11.8 Å². The summed E-state index contributed by atoms with van der Waals surface area (Å²) in [6.45, 7) is 4.12. The maximum absolute atomic E-state index is 11.7. The van der Waals surface area contributed by atoms with Crippen LogP contribution in [0.3, 0.4) is 0 Å². The maximum Gasteiger partial charge on any atom is 0.269 e. The summed E-state index contributed by atoms with van der Waals surface area (Å²) >= 11 is 0. The highest BCUT2D eigenvalue weighted by Crippen LogP contribution is 2.06. The molecule has 0 aromatic carbocycles. The van der Waals surface area contributed by atoms with Crippen LogP contribution in [0.1, 0.15) is 36.3 Å². The predicted molar refractivity (Wildman–Crippen MR) is 66.7 cm³/mol. The van der Waals surface area contributed by atoms with E-state index in [0.717, 1.165) is 6.42 Å². The summed E-state index contributed by atoms with van der Waals surface area (Å²) in [5.74, 6) is -0.207. The molecular weight excluding hydrogens is 230 g/mol. The summed E-state index contributed by atoms with van der Waals surface area (Å²) in [6.07, 6.45) is 1.64. The zero-order valence-electron chi connectivity index (χ0n) is 10.6. The number of nitriles is 1. The smallest absolute Gasteiger partial charge is 0.269 e. The molecule has 1 heterocycles. The summed E-state index contributed by atoms with van der Waals surface area (Å²) in [5.41, 5.74) is 0.650. The normalized spacial score (nSPS) is 13.4. The van der Waals surface area contributed by atoms with E-state index in [9.17, 15) is 9.90 Å². The zero-order valence-corrected chi connectivity index (χ0v) is 10.6. The SMILES string of the molecule is CCC(C)C(O)CNC(=O)c1ccc(C#N)cn1. The molecule has 1 rings (SSSR count). The summed E-state index contributed by atoms with van der Waals surface area (Å²) < 4.78 is 0. The van der Waals surface area contributed by atoms with E-state index in [1.54, 1.807) is 0 Å². The Hall–Kier alpha value is -1.93. The Kier molecular flexibility index (Phi) is 5.28. The van der Waals surface area contributed by atoms with Crippen molar-refractivity contribution in [1.82, 2.24) is 10.3 Å². The lowest BCUT2D eigenvalue weighted by molar-refractivity contribution is 0.0846. The van der Waals surface area contributed by atoms with E-state index in [0.29, 0.717) is 5.56 Å². The van der Waals surface area contributed by atoms with Gasteiger partial charge in [-0.3, -0.25) is 4.79 Å². The molecule has 2 atom stereocenters. The zero-order chi connectivity index (χ0) is 13.5. The van der Waals surface area contributed by atoms with Gasteiger partial charge in [0.15, 0.2) is 0 Å². The molecule has 5 nitrogen and oxygen atoms in total. The van der Waals surface area contributed by atoms with Gasteiger partial charge in [0.2, 0.25) is 0 Å². The molecule has 0 aliphatic heterocycles. The Morgan fingerprint density at radius 2 is 2.33 bits per heavy atom. The predicted octanol–water partition coefficient (Wildman–Crippen LogP) is 1.09. The molecule has 5 heteroatoms. The Morgan fingerprint density at radius 3 is 2.83 bits per heavy atom. The number of aliphatic hydroxyl groups excluding tert-OH is 1. The second-order valence-electron chi connectivity index (χ2n) is 4.21. The summed E-state index contributed by atoms with van der Waals surface area (Å²) in [7, 11) is 0. The van der Waals surface area contributed by atoms with Crippen LogP contribution < -0.4 is 5.32 Å². The Bertz CT molecular complexity index is 437. The van der Waals surface area contributed by atoms with Crippen molar-refractivity contribution in [3.63, 3.8) is 0 Å².